The molecule has 2 rings (SSSR count). The molecular formula is C13H18O. The molecule has 1 aliphatic rings. The monoisotopic (exact) mass is 190 g/mol. The molecule has 1 nitrogen and oxygen atoms in total. The first-order valence-corrected chi connectivity index (χ1v) is 5.33. The lowest BCUT2D eigenvalue weighted by Crippen LogP contribution is -2.08. The maximum atomic E-state index is 9.23. The Kier molecular flexibility index (Phi) is 2.36. The van der Waals surface area contributed by atoms with Crippen LogP contribution in [0.25, 0.3) is 0 Å². The van der Waals surface area contributed by atoms with E-state index in [4.69, 9.17) is 0 Å². The first-order chi connectivity index (χ1) is 6.67. The Morgan fingerprint density at radius 3 is 2.57 bits per heavy atom. The SMILES string of the molecule is CC(c1ccccc1)[C@@H]1CC1(C)CO. The number of benzene rings is 1. The molecule has 1 saturated carbocycles. The lowest BCUT2D eigenvalue weighted by Gasteiger charge is -2.14. The summed E-state index contributed by atoms with van der Waals surface area (Å²) in [7, 11) is 0. The van der Waals surface area contributed by atoms with Crippen molar-refractivity contribution in [2.75, 3.05) is 6.61 Å². The Morgan fingerprint density at radius 2 is 2.07 bits per heavy atom. The van der Waals surface area contributed by atoms with Crippen LogP contribution in [0.15, 0.2) is 30.3 Å². The van der Waals surface area contributed by atoms with Gasteiger partial charge in [0.2, 0.25) is 0 Å². The number of aliphatic hydroxyl groups is 1. The largest absolute Gasteiger partial charge is 0.396 e. The number of hydrogen-bond donors (Lipinski definition) is 1. The molecule has 3 atom stereocenters. The molecule has 1 aromatic carbocycles. The minimum Gasteiger partial charge on any atom is -0.396 e. The minimum absolute atomic E-state index is 0.190. The molecule has 14 heavy (non-hydrogen) atoms. The summed E-state index contributed by atoms with van der Waals surface area (Å²) >= 11 is 0. The molecular weight excluding hydrogens is 172 g/mol. The summed E-state index contributed by atoms with van der Waals surface area (Å²) < 4.78 is 0. The highest BCUT2D eigenvalue weighted by Crippen LogP contribution is 2.58. The Bertz CT molecular complexity index is 306. The molecule has 0 aliphatic heterocycles. The normalized spacial score (nSPS) is 32.6. The highest BCUT2D eigenvalue weighted by atomic mass is 16.3. The van der Waals surface area contributed by atoms with Gasteiger partial charge in [-0.25, -0.2) is 0 Å². The molecule has 1 aliphatic carbocycles. The number of hydrogen-bond acceptors (Lipinski definition) is 1. The molecule has 1 heteroatoms. The van der Waals surface area contributed by atoms with Crippen LogP contribution < -0.4 is 0 Å². The van der Waals surface area contributed by atoms with Gasteiger partial charge in [0.15, 0.2) is 0 Å². The van der Waals surface area contributed by atoms with E-state index >= 15 is 0 Å². The van der Waals surface area contributed by atoms with Crippen LogP contribution in [-0.4, -0.2) is 11.7 Å². The third kappa shape index (κ3) is 1.57. The van der Waals surface area contributed by atoms with Crippen molar-refractivity contribution in [3.8, 4) is 0 Å². The van der Waals surface area contributed by atoms with Gasteiger partial charge in [-0.2, -0.15) is 0 Å². The summed E-state index contributed by atoms with van der Waals surface area (Å²) in [6, 6.07) is 10.6. The van der Waals surface area contributed by atoms with E-state index in [0.29, 0.717) is 18.4 Å². The highest BCUT2D eigenvalue weighted by Gasteiger charge is 2.52. The third-order valence-electron chi connectivity index (χ3n) is 3.71. The van der Waals surface area contributed by atoms with Crippen molar-refractivity contribution < 1.29 is 5.11 Å². The van der Waals surface area contributed by atoms with Crippen LogP contribution in [0, 0.1) is 11.3 Å². The van der Waals surface area contributed by atoms with E-state index < -0.39 is 0 Å². The van der Waals surface area contributed by atoms with Gasteiger partial charge < -0.3 is 5.11 Å². The molecule has 1 fully saturated rings. The average molecular weight is 190 g/mol. The quantitative estimate of drug-likeness (QED) is 0.777. The molecule has 1 N–H and O–H groups in total. The van der Waals surface area contributed by atoms with Gasteiger partial charge in [-0.15, -0.1) is 0 Å². The fourth-order valence-electron chi connectivity index (χ4n) is 2.39. The van der Waals surface area contributed by atoms with Crippen LogP contribution in [0.1, 0.15) is 31.7 Å². The van der Waals surface area contributed by atoms with Crippen molar-refractivity contribution in [1.29, 1.82) is 0 Å². The Morgan fingerprint density at radius 1 is 1.43 bits per heavy atom. The molecule has 1 aromatic rings. The molecule has 0 spiro atoms. The van der Waals surface area contributed by atoms with Gasteiger partial charge in [-0.3, -0.25) is 0 Å². The summed E-state index contributed by atoms with van der Waals surface area (Å²) in [4.78, 5) is 0. The van der Waals surface area contributed by atoms with Gasteiger partial charge in [-0.1, -0.05) is 44.2 Å². The summed E-state index contributed by atoms with van der Waals surface area (Å²) in [6.07, 6.45) is 1.17. The Hall–Kier alpha value is -0.820. The van der Waals surface area contributed by atoms with Crippen LogP contribution >= 0.6 is 0 Å². The molecule has 0 radical (unpaired) electrons. The van der Waals surface area contributed by atoms with Crippen LogP contribution in [0.2, 0.25) is 0 Å². The smallest absolute Gasteiger partial charge is 0.0487 e. The summed E-state index contributed by atoms with van der Waals surface area (Å²) in [5, 5.41) is 9.23. The maximum Gasteiger partial charge on any atom is 0.0487 e. The molecule has 0 amide bonds. The van der Waals surface area contributed by atoms with Crippen molar-refractivity contribution in [1.82, 2.24) is 0 Å². The van der Waals surface area contributed by atoms with E-state index in [0.717, 1.165) is 0 Å². The second kappa shape index (κ2) is 3.39. The van der Waals surface area contributed by atoms with E-state index in [1.807, 2.05) is 6.07 Å². The summed E-state index contributed by atoms with van der Waals surface area (Å²) in [6.45, 7) is 4.77. The maximum absolute atomic E-state index is 9.23. The molecule has 76 valence electrons. The van der Waals surface area contributed by atoms with E-state index in [-0.39, 0.29) is 5.41 Å². The van der Waals surface area contributed by atoms with Gasteiger partial charge in [0.05, 0.1) is 0 Å². The van der Waals surface area contributed by atoms with Crippen LogP contribution in [0.5, 0.6) is 0 Å². The molecule has 0 heterocycles. The van der Waals surface area contributed by atoms with Gasteiger partial charge in [0.1, 0.15) is 0 Å². The lowest BCUT2D eigenvalue weighted by atomic mass is 9.91. The van der Waals surface area contributed by atoms with Gasteiger partial charge in [0, 0.05) is 6.61 Å². The summed E-state index contributed by atoms with van der Waals surface area (Å²) in [5.74, 6) is 1.24. The van der Waals surface area contributed by atoms with Crippen molar-refractivity contribution in [3.05, 3.63) is 35.9 Å². The van der Waals surface area contributed by atoms with Crippen LogP contribution in [0.3, 0.4) is 0 Å². The molecule has 2 unspecified atom stereocenters. The zero-order valence-electron chi connectivity index (χ0n) is 8.90. The van der Waals surface area contributed by atoms with Crippen molar-refractivity contribution in [2.45, 2.75) is 26.2 Å². The van der Waals surface area contributed by atoms with E-state index in [9.17, 15) is 5.11 Å². The lowest BCUT2D eigenvalue weighted by molar-refractivity contribution is 0.207. The zero-order chi connectivity index (χ0) is 10.2. The number of rotatable bonds is 3. The third-order valence-corrected chi connectivity index (χ3v) is 3.71. The van der Waals surface area contributed by atoms with E-state index in [1.165, 1.54) is 12.0 Å². The van der Waals surface area contributed by atoms with Crippen molar-refractivity contribution >= 4 is 0 Å². The van der Waals surface area contributed by atoms with Gasteiger partial charge in [0.25, 0.3) is 0 Å². The predicted octanol–water partition coefficient (Wildman–Crippen LogP) is 2.81. The molecule has 0 saturated heterocycles. The predicted molar refractivity (Wildman–Crippen MR) is 58.2 cm³/mol. The fraction of sp³-hybridized carbons (Fsp3) is 0.538. The first-order valence-electron chi connectivity index (χ1n) is 5.33. The van der Waals surface area contributed by atoms with Gasteiger partial charge >= 0.3 is 0 Å². The van der Waals surface area contributed by atoms with Gasteiger partial charge in [-0.05, 0) is 29.2 Å². The molecule has 0 aromatic heterocycles. The average Bonchev–Trinajstić information content (AvgIpc) is 2.92. The van der Waals surface area contributed by atoms with Crippen molar-refractivity contribution in [3.63, 3.8) is 0 Å². The van der Waals surface area contributed by atoms with Crippen LogP contribution in [-0.2, 0) is 0 Å². The first kappa shape index (κ1) is 9.72. The Labute approximate surface area is 85.8 Å². The second-order valence-electron chi connectivity index (χ2n) is 4.82. The van der Waals surface area contributed by atoms with Crippen molar-refractivity contribution in [2.24, 2.45) is 11.3 Å². The topological polar surface area (TPSA) is 20.2 Å². The van der Waals surface area contributed by atoms with E-state index in [2.05, 4.69) is 38.1 Å². The Balaban J connectivity index is 2.08. The number of aliphatic hydroxyl groups excluding tert-OH is 1. The molecule has 0 bridgehead atoms. The standard InChI is InChI=1S/C13H18O/c1-10(11-6-4-3-5-7-11)12-8-13(12,2)9-14/h3-7,10,12,14H,8-9H2,1-2H3/t10?,12-,13?/m0/s1. The van der Waals surface area contributed by atoms with Crippen LogP contribution in [0.4, 0.5) is 0 Å². The summed E-state index contributed by atoms with van der Waals surface area (Å²) in [5.41, 5.74) is 1.59. The minimum atomic E-state index is 0.190. The van der Waals surface area contributed by atoms with E-state index in [1.54, 1.807) is 0 Å². The second-order valence-corrected chi connectivity index (χ2v) is 4.82. The highest BCUT2D eigenvalue weighted by molar-refractivity contribution is 5.23. The zero-order valence-corrected chi connectivity index (χ0v) is 8.90. The fourth-order valence-corrected chi connectivity index (χ4v) is 2.39.